The zero-order chi connectivity index (χ0) is 21.9. The van der Waals surface area contributed by atoms with Gasteiger partial charge in [-0.3, -0.25) is 4.79 Å². The second-order valence-corrected chi connectivity index (χ2v) is 9.60. The number of amides is 1. The molecule has 2 aromatic heterocycles. The van der Waals surface area contributed by atoms with Gasteiger partial charge in [-0.1, -0.05) is 17.7 Å². The van der Waals surface area contributed by atoms with Crippen LogP contribution in [0.5, 0.6) is 0 Å². The fourth-order valence-electron chi connectivity index (χ4n) is 2.68. The average molecular weight is 432 g/mol. The molecule has 3 rings (SSSR count). The Hall–Kier alpha value is -2.91. The average Bonchev–Trinajstić information content (AvgIpc) is 3.30. The predicted molar refractivity (Wildman–Crippen MR) is 111 cm³/mol. The fourth-order valence-corrected chi connectivity index (χ4v) is 4.04. The van der Waals surface area contributed by atoms with Gasteiger partial charge in [0.15, 0.2) is 5.76 Å². The van der Waals surface area contributed by atoms with Crippen molar-refractivity contribution in [2.45, 2.75) is 44.7 Å². The van der Waals surface area contributed by atoms with E-state index in [4.69, 9.17) is 8.83 Å². The molecule has 0 aliphatic carbocycles. The quantitative estimate of drug-likeness (QED) is 0.593. The van der Waals surface area contributed by atoms with Crippen LogP contribution >= 0.6 is 0 Å². The molecule has 0 unspecified atom stereocenters. The van der Waals surface area contributed by atoms with Gasteiger partial charge in [-0.05, 0) is 52.0 Å². The van der Waals surface area contributed by atoms with Gasteiger partial charge in [0, 0.05) is 24.1 Å². The number of nitrogens with one attached hydrogen (secondary N) is 2. The molecule has 0 fully saturated rings. The van der Waals surface area contributed by atoms with Crippen LogP contribution < -0.4 is 10.0 Å². The number of rotatable bonds is 7. The highest BCUT2D eigenvalue weighted by molar-refractivity contribution is 7.89. The summed E-state index contributed by atoms with van der Waals surface area (Å²) in [5.41, 5.74) is 2.06. The molecule has 0 aliphatic heterocycles. The summed E-state index contributed by atoms with van der Waals surface area (Å²) in [6, 6.07) is 10.4. The fraction of sp³-hybridized carbons (Fsp3) is 0.333. The van der Waals surface area contributed by atoms with Crippen LogP contribution in [0.2, 0.25) is 0 Å². The molecule has 8 nitrogen and oxygen atoms in total. The third-order valence-corrected chi connectivity index (χ3v) is 5.66. The largest absolute Gasteiger partial charge is 0.444 e. The van der Waals surface area contributed by atoms with Gasteiger partial charge in [-0.15, -0.1) is 0 Å². The maximum atomic E-state index is 12.3. The highest BCUT2D eigenvalue weighted by Gasteiger charge is 2.26. The standard InChI is InChI=1S/C21H25N3O5S/c1-14-5-7-15(8-6-14)20-23-16(13-28-20)11-12-22-19(25)17-9-10-18(29-17)30(26,27)24-21(2,3)4/h5-10,13,24H,11-12H2,1-4H3,(H,22,25). The van der Waals surface area contributed by atoms with Crippen molar-refractivity contribution in [2.75, 3.05) is 6.54 Å². The molecule has 0 radical (unpaired) electrons. The maximum Gasteiger partial charge on any atom is 0.287 e. The van der Waals surface area contributed by atoms with Gasteiger partial charge < -0.3 is 14.2 Å². The minimum Gasteiger partial charge on any atom is -0.444 e. The molecule has 0 saturated carbocycles. The van der Waals surface area contributed by atoms with Gasteiger partial charge >= 0.3 is 0 Å². The number of aromatic nitrogens is 1. The highest BCUT2D eigenvalue weighted by atomic mass is 32.2. The van der Waals surface area contributed by atoms with Crippen LogP contribution in [0.25, 0.3) is 11.5 Å². The molecule has 2 N–H and O–H groups in total. The second-order valence-electron chi connectivity index (χ2n) is 7.99. The van der Waals surface area contributed by atoms with E-state index in [2.05, 4.69) is 15.0 Å². The SMILES string of the molecule is Cc1ccc(-c2nc(CCNC(=O)c3ccc(S(=O)(=O)NC(C)(C)C)o3)co2)cc1. The van der Waals surface area contributed by atoms with Crippen molar-refractivity contribution in [2.24, 2.45) is 0 Å². The molecular weight excluding hydrogens is 406 g/mol. The van der Waals surface area contributed by atoms with Gasteiger partial charge in [0.1, 0.15) is 6.26 Å². The number of carbonyl (C=O) groups excluding carboxylic acids is 1. The molecule has 30 heavy (non-hydrogen) atoms. The molecule has 9 heteroatoms. The van der Waals surface area contributed by atoms with Gasteiger partial charge in [0.05, 0.1) is 5.69 Å². The van der Waals surface area contributed by atoms with Gasteiger partial charge in [-0.25, -0.2) is 18.1 Å². The maximum absolute atomic E-state index is 12.3. The number of benzene rings is 1. The molecule has 0 spiro atoms. The topological polar surface area (TPSA) is 114 Å². The number of furan rings is 1. The Bertz CT molecular complexity index is 1120. The van der Waals surface area contributed by atoms with Crippen LogP contribution in [0.1, 0.15) is 42.6 Å². The summed E-state index contributed by atoms with van der Waals surface area (Å²) in [4.78, 5) is 16.7. The zero-order valence-electron chi connectivity index (χ0n) is 17.4. The molecule has 160 valence electrons. The Kier molecular flexibility index (Phi) is 6.14. The molecule has 0 aliphatic rings. The van der Waals surface area contributed by atoms with E-state index >= 15 is 0 Å². The molecule has 1 aromatic carbocycles. The van der Waals surface area contributed by atoms with E-state index in [1.165, 1.54) is 12.1 Å². The monoisotopic (exact) mass is 431 g/mol. The summed E-state index contributed by atoms with van der Waals surface area (Å²) in [6.07, 6.45) is 2.01. The van der Waals surface area contributed by atoms with Crippen molar-refractivity contribution in [3.05, 3.63) is 59.7 Å². The minimum absolute atomic E-state index is 0.0789. The highest BCUT2D eigenvalue weighted by Crippen LogP contribution is 2.19. The van der Waals surface area contributed by atoms with E-state index in [9.17, 15) is 13.2 Å². The summed E-state index contributed by atoms with van der Waals surface area (Å²) in [6.45, 7) is 7.45. The van der Waals surface area contributed by atoms with Crippen molar-refractivity contribution in [3.63, 3.8) is 0 Å². The van der Waals surface area contributed by atoms with Crippen molar-refractivity contribution in [3.8, 4) is 11.5 Å². The lowest BCUT2D eigenvalue weighted by molar-refractivity contribution is 0.0921. The Labute approximate surface area is 175 Å². The first kappa shape index (κ1) is 21.8. The molecular formula is C21H25N3O5S. The lowest BCUT2D eigenvalue weighted by Gasteiger charge is -2.18. The van der Waals surface area contributed by atoms with Crippen LogP contribution in [-0.4, -0.2) is 31.4 Å². The molecule has 3 aromatic rings. The third kappa shape index (κ3) is 5.58. The number of sulfonamides is 1. The van der Waals surface area contributed by atoms with Crippen molar-refractivity contribution >= 4 is 15.9 Å². The van der Waals surface area contributed by atoms with Crippen LogP contribution in [0.4, 0.5) is 0 Å². The molecule has 0 atom stereocenters. The van der Waals surface area contributed by atoms with E-state index < -0.39 is 21.5 Å². The number of hydrogen-bond donors (Lipinski definition) is 2. The van der Waals surface area contributed by atoms with E-state index in [1.807, 2.05) is 31.2 Å². The van der Waals surface area contributed by atoms with Gasteiger partial charge in [0.25, 0.3) is 15.9 Å². The van der Waals surface area contributed by atoms with E-state index in [1.54, 1.807) is 27.0 Å². The molecule has 0 bridgehead atoms. The smallest absolute Gasteiger partial charge is 0.287 e. The van der Waals surface area contributed by atoms with Crippen LogP contribution in [0, 0.1) is 6.92 Å². The summed E-state index contributed by atoms with van der Waals surface area (Å²) >= 11 is 0. The molecule has 2 heterocycles. The summed E-state index contributed by atoms with van der Waals surface area (Å²) in [7, 11) is -3.84. The lowest BCUT2D eigenvalue weighted by atomic mass is 10.1. The first-order chi connectivity index (χ1) is 14.0. The number of carbonyl (C=O) groups is 1. The molecule has 1 amide bonds. The predicted octanol–water partition coefficient (Wildman–Crippen LogP) is 3.29. The van der Waals surface area contributed by atoms with E-state index in [0.29, 0.717) is 24.6 Å². The van der Waals surface area contributed by atoms with Crippen LogP contribution in [-0.2, 0) is 16.4 Å². The summed E-state index contributed by atoms with van der Waals surface area (Å²) in [5.74, 6) is -0.0669. The summed E-state index contributed by atoms with van der Waals surface area (Å²) in [5, 5.41) is 2.38. The van der Waals surface area contributed by atoms with Crippen LogP contribution in [0.15, 0.2) is 56.6 Å². The third-order valence-electron chi connectivity index (χ3n) is 4.03. The Morgan fingerprint density at radius 1 is 1.10 bits per heavy atom. The zero-order valence-corrected chi connectivity index (χ0v) is 18.2. The second kappa shape index (κ2) is 8.45. The minimum atomic E-state index is -3.84. The van der Waals surface area contributed by atoms with Gasteiger partial charge in [0.2, 0.25) is 11.0 Å². The van der Waals surface area contributed by atoms with Gasteiger partial charge in [-0.2, -0.15) is 0 Å². The Morgan fingerprint density at radius 3 is 2.47 bits per heavy atom. The van der Waals surface area contributed by atoms with Crippen LogP contribution in [0.3, 0.4) is 0 Å². The Balaban J connectivity index is 1.56. The number of nitrogens with zero attached hydrogens (tertiary/aromatic N) is 1. The first-order valence-corrected chi connectivity index (χ1v) is 11.0. The molecule has 0 saturated heterocycles. The Morgan fingerprint density at radius 2 is 1.80 bits per heavy atom. The van der Waals surface area contributed by atoms with Crippen molar-refractivity contribution < 1.29 is 22.0 Å². The van der Waals surface area contributed by atoms with E-state index in [0.717, 1.165) is 11.1 Å². The lowest BCUT2D eigenvalue weighted by Crippen LogP contribution is -2.40. The number of aryl methyl sites for hydroxylation is 1. The van der Waals surface area contributed by atoms with Crippen molar-refractivity contribution in [1.29, 1.82) is 0 Å². The first-order valence-electron chi connectivity index (χ1n) is 9.47. The van der Waals surface area contributed by atoms with Crippen molar-refractivity contribution in [1.82, 2.24) is 15.0 Å². The summed E-state index contributed by atoms with van der Waals surface area (Å²) < 4.78 is 37.7. The van der Waals surface area contributed by atoms with E-state index in [-0.39, 0.29) is 10.9 Å². The number of oxazole rings is 1. The normalized spacial score (nSPS) is 12.1. The number of hydrogen-bond acceptors (Lipinski definition) is 6.